The van der Waals surface area contributed by atoms with Crippen LogP contribution in [0.5, 0.6) is 0 Å². The van der Waals surface area contributed by atoms with Gasteiger partial charge < -0.3 is 5.32 Å². The number of aryl methyl sites for hydroxylation is 1. The standard InChI is InChI=1S/C25H26N2O3S/c1-19-6-2-3-7-23(19)18-26-25(28)22-10-8-20(9-11-22)21-12-14-24(15-13-21)31(29,30)27-16-4-5-17-27/h2-3,6-15H,4-5,16-18H2,1H3,(H,26,28). The molecule has 0 aliphatic carbocycles. The number of sulfonamides is 1. The molecule has 3 aromatic carbocycles. The first-order valence-corrected chi connectivity index (χ1v) is 11.9. The average molecular weight is 435 g/mol. The normalized spacial score (nSPS) is 14.5. The van der Waals surface area contributed by atoms with Gasteiger partial charge in [0.1, 0.15) is 0 Å². The highest BCUT2D eigenvalue weighted by Gasteiger charge is 2.26. The van der Waals surface area contributed by atoms with E-state index in [9.17, 15) is 13.2 Å². The van der Waals surface area contributed by atoms with Crippen LogP contribution in [0.1, 0.15) is 34.3 Å². The van der Waals surface area contributed by atoms with Crippen molar-refractivity contribution in [3.63, 3.8) is 0 Å². The molecule has 6 heteroatoms. The Bertz CT molecular complexity index is 1160. The molecule has 1 saturated heterocycles. The summed E-state index contributed by atoms with van der Waals surface area (Å²) in [5.74, 6) is -0.123. The lowest BCUT2D eigenvalue weighted by Gasteiger charge is -2.15. The molecule has 1 fully saturated rings. The molecule has 1 aliphatic heterocycles. The zero-order valence-corrected chi connectivity index (χ0v) is 18.4. The van der Waals surface area contributed by atoms with Gasteiger partial charge in [-0.1, -0.05) is 48.5 Å². The Balaban J connectivity index is 1.43. The Labute approximate surface area is 183 Å². The number of carbonyl (C=O) groups excluding carboxylic acids is 1. The van der Waals surface area contributed by atoms with E-state index in [1.807, 2.05) is 55.5 Å². The molecule has 3 aromatic rings. The van der Waals surface area contributed by atoms with Gasteiger partial charge in [-0.2, -0.15) is 4.31 Å². The number of benzene rings is 3. The first-order chi connectivity index (χ1) is 14.9. The number of carbonyl (C=O) groups is 1. The second-order valence-corrected chi connectivity index (χ2v) is 9.76. The largest absolute Gasteiger partial charge is 0.348 e. The Hall–Kier alpha value is -2.96. The van der Waals surface area contributed by atoms with Gasteiger partial charge in [-0.25, -0.2) is 8.42 Å². The van der Waals surface area contributed by atoms with Crippen molar-refractivity contribution in [2.24, 2.45) is 0 Å². The van der Waals surface area contributed by atoms with Crippen LogP contribution in [0.2, 0.25) is 0 Å². The van der Waals surface area contributed by atoms with Crippen LogP contribution in [0.4, 0.5) is 0 Å². The number of amides is 1. The van der Waals surface area contributed by atoms with Gasteiger partial charge in [0, 0.05) is 25.2 Å². The summed E-state index contributed by atoms with van der Waals surface area (Å²) in [6.07, 6.45) is 1.84. The van der Waals surface area contributed by atoms with E-state index in [1.165, 1.54) is 0 Å². The molecule has 0 aromatic heterocycles. The number of hydrogen-bond donors (Lipinski definition) is 1. The van der Waals surface area contributed by atoms with E-state index in [2.05, 4.69) is 5.32 Å². The Morgan fingerprint density at radius 3 is 2.06 bits per heavy atom. The molecule has 5 nitrogen and oxygen atoms in total. The molecule has 1 N–H and O–H groups in total. The van der Waals surface area contributed by atoms with Crippen molar-refractivity contribution < 1.29 is 13.2 Å². The van der Waals surface area contributed by atoms with Crippen molar-refractivity contribution in [2.75, 3.05) is 13.1 Å². The van der Waals surface area contributed by atoms with Gasteiger partial charge in [0.2, 0.25) is 10.0 Å². The first-order valence-electron chi connectivity index (χ1n) is 10.5. The van der Waals surface area contributed by atoms with E-state index >= 15 is 0 Å². The summed E-state index contributed by atoms with van der Waals surface area (Å²) in [6, 6.07) is 22.3. The van der Waals surface area contributed by atoms with E-state index in [1.54, 1.807) is 28.6 Å². The molecule has 1 heterocycles. The van der Waals surface area contributed by atoms with Crippen LogP contribution >= 0.6 is 0 Å². The fourth-order valence-electron chi connectivity index (χ4n) is 3.80. The molecule has 31 heavy (non-hydrogen) atoms. The summed E-state index contributed by atoms with van der Waals surface area (Å²) in [7, 11) is -3.41. The molecule has 0 saturated carbocycles. The molecular formula is C25H26N2O3S. The maximum Gasteiger partial charge on any atom is 0.251 e. The quantitative estimate of drug-likeness (QED) is 0.626. The van der Waals surface area contributed by atoms with E-state index in [0.717, 1.165) is 35.1 Å². The Morgan fingerprint density at radius 2 is 1.45 bits per heavy atom. The highest BCUT2D eigenvalue weighted by Crippen LogP contribution is 2.25. The molecule has 0 radical (unpaired) electrons. The van der Waals surface area contributed by atoms with Crippen LogP contribution in [0.15, 0.2) is 77.7 Å². The van der Waals surface area contributed by atoms with Gasteiger partial charge >= 0.3 is 0 Å². The summed E-state index contributed by atoms with van der Waals surface area (Å²) in [5, 5.41) is 2.96. The van der Waals surface area contributed by atoms with Crippen molar-refractivity contribution in [1.82, 2.24) is 9.62 Å². The van der Waals surface area contributed by atoms with Crippen LogP contribution in [0.3, 0.4) is 0 Å². The molecule has 0 atom stereocenters. The third-order valence-electron chi connectivity index (χ3n) is 5.74. The van der Waals surface area contributed by atoms with Gasteiger partial charge in [0.15, 0.2) is 0 Å². The zero-order valence-electron chi connectivity index (χ0n) is 17.5. The minimum atomic E-state index is -3.41. The minimum Gasteiger partial charge on any atom is -0.348 e. The summed E-state index contributed by atoms with van der Waals surface area (Å²) < 4.78 is 26.9. The van der Waals surface area contributed by atoms with Gasteiger partial charge in [-0.05, 0) is 66.3 Å². The predicted molar refractivity (Wildman–Crippen MR) is 122 cm³/mol. The second-order valence-electron chi connectivity index (χ2n) is 7.82. The van der Waals surface area contributed by atoms with Crippen LogP contribution < -0.4 is 5.32 Å². The average Bonchev–Trinajstić information content (AvgIpc) is 3.35. The van der Waals surface area contributed by atoms with E-state index in [4.69, 9.17) is 0 Å². The van der Waals surface area contributed by atoms with Gasteiger partial charge in [-0.3, -0.25) is 4.79 Å². The predicted octanol–water partition coefficient (Wildman–Crippen LogP) is 4.38. The maximum absolute atomic E-state index is 12.7. The van der Waals surface area contributed by atoms with Crippen LogP contribution in [-0.4, -0.2) is 31.7 Å². The summed E-state index contributed by atoms with van der Waals surface area (Å²) >= 11 is 0. The van der Waals surface area contributed by atoms with Crippen molar-refractivity contribution in [3.8, 4) is 11.1 Å². The van der Waals surface area contributed by atoms with Crippen LogP contribution in [-0.2, 0) is 16.6 Å². The molecule has 0 bridgehead atoms. The van der Waals surface area contributed by atoms with Gasteiger partial charge in [0.05, 0.1) is 4.90 Å². The monoisotopic (exact) mass is 434 g/mol. The molecular weight excluding hydrogens is 408 g/mol. The molecule has 1 amide bonds. The fraction of sp³-hybridized carbons (Fsp3) is 0.240. The molecule has 4 rings (SSSR count). The number of rotatable bonds is 6. The lowest BCUT2D eigenvalue weighted by Crippen LogP contribution is -2.27. The number of hydrogen-bond acceptors (Lipinski definition) is 3. The van der Waals surface area contributed by atoms with Crippen LogP contribution in [0, 0.1) is 6.92 Å². The topological polar surface area (TPSA) is 66.5 Å². The van der Waals surface area contributed by atoms with Crippen molar-refractivity contribution in [2.45, 2.75) is 31.2 Å². The van der Waals surface area contributed by atoms with E-state index < -0.39 is 10.0 Å². The van der Waals surface area contributed by atoms with Crippen molar-refractivity contribution in [1.29, 1.82) is 0 Å². The summed E-state index contributed by atoms with van der Waals surface area (Å²) in [5.41, 5.74) is 4.67. The molecule has 160 valence electrons. The van der Waals surface area contributed by atoms with Gasteiger partial charge in [-0.15, -0.1) is 0 Å². The van der Waals surface area contributed by atoms with E-state index in [0.29, 0.717) is 30.1 Å². The second kappa shape index (κ2) is 9.04. The first kappa shape index (κ1) is 21.3. The third kappa shape index (κ3) is 4.70. The minimum absolute atomic E-state index is 0.123. The highest BCUT2D eigenvalue weighted by molar-refractivity contribution is 7.89. The highest BCUT2D eigenvalue weighted by atomic mass is 32.2. The fourth-order valence-corrected chi connectivity index (χ4v) is 5.31. The smallest absolute Gasteiger partial charge is 0.251 e. The lowest BCUT2D eigenvalue weighted by atomic mass is 10.0. The molecule has 0 spiro atoms. The third-order valence-corrected chi connectivity index (χ3v) is 7.65. The van der Waals surface area contributed by atoms with Crippen molar-refractivity contribution in [3.05, 3.63) is 89.5 Å². The summed E-state index contributed by atoms with van der Waals surface area (Å²) in [6.45, 7) is 3.70. The van der Waals surface area contributed by atoms with E-state index in [-0.39, 0.29) is 5.91 Å². The lowest BCUT2D eigenvalue weighted by molar-refractivity contribution is 0.0951. The summed E-state index contributed by atoms with van der Waals surface area (Å²) in [4.78, 5) is 12.8. The number of nitrogens with one attached hydrogen (secondary N) is 1. The Morgan fingerprint density at radius 1 is 0.871 bits per heavy atom. The Kier molecular flexibility index (Phi) is 6.20. The zero-order chi connectivity index (χ0) is 21.8. The van der Waals surface area contributed by atoms with Crippen LogP contribution in [0.25, 0.3) is 11.1 Å². The van der Waals surface area contributed by atoms with Gasteiger partial charge in [0.25, 0.3) is 5.91 Å². The maximum atomic E-state index is 12.7. The van der Waals surface area contributed by atoms with Crippen molar-refractivity contribution >= 4 is 15.9 Å². The molecule has 0 unspecified atom stereocenters. The molecule has 1 aliphatic rings. The SMILES string of the molecule is Cc1ccccc1CNC(=O)c1ccc(-c2ccc(S(=O)(=O)N3CCCC3)cc2)cc1. The number of nitrogens with zero attached hydrogens (tertiary/aromatic N) is 1.